The summed E-state index contributed by atoms with van der Waals surface area (Å²) in [4.78, 5) is 22.3. The number of hydrogen-bond donors (Lipinski definition) is 2. The van der Waals surface area contributed by atoms with Gasteiger partial charge in [-0.2, -0.15) is 13.2 Å². The molecule has 1 amide bonds. The normalized spacial score (nSPS) is 14.1. The number of rotatable bonds is 7. The third-order valence-corrected chi connectivity index (χ3v) is 3.47. The molecule has 0 aliphatic heterocycles. The Morgan fingerprint density at radius 2 is 1.91 bits per heavy atom. The number of aliphatic carboxylic acids is 1. The van der Waals surface area contributed by atoms with E-state index >= 15 is 0 Å². The van der Waals surface area contributed by atoms with E-state index in [0.717, 1.165) is 12.1 Å². The molecular weight excluding hydrogens is 311 g/mol. The molecule has 0 heterocycles. The molecule has 0 bridgehead atoms. The van der Waals surface area contributed by atoms with E-state index in [0.29, 0.717) is 12.0 Å². The SMILES string of the molecule is CC(CCC(=O)O)NC(=O)CC(C)c1cccc(C(F)(F)F)c1. The summed E-state index contributed by atoms with van der Waals surface area (Å²) in [5.74, 6) is -1.62. The van der Waals surface area contributed by atoms with Gasteiger partial charge in [0.1, 0.15) is 0 Å². The van der Waals surface area contributed by atoms with Crippen molar-refractivity contribution in [3.63, 3.8) is 0 Å². The third-order valence-electron chi connectivity index (χ3n) is 3.47. The zero-order valence-electron chi connectivity index (χ0n) is 13.0. The van der Waals surface area contributed by atoms with E-state index in [4.69, 9.17) is 5.11 Å². The molecule has 1 rings (SSSR count). The predicted molar refractivity (Wildman–Crippen MR) is 79.0 cm³/mol. The van der Waals surface area contributed by atoms with Gasteiger partial charge in [0.05, 0.1) is 5.56 Å². The van der Waals surface area contributed by atoms with E-state index < -0.39 is 17.7 Å². The number of benzene rings is 1. The van der Waals surface area contributed by atoms with Gasteiger partial charge in [0, 0.05) is 18.9 Å². The van der Waals surface area contributed by atoms with Crippen LogP contribution in [0.3, 0.4) is 0 Å². The van der Waals surface area contributed by atoms with Crippen molar-refractivity contribution in [3.05, 3.63) is 35.4 Å². The first-order valence-electron chi connectivity index (χ1n) is 7.28. The second-order valence-electron chi connectivity index (χ2n) is 5.63. The molecule has 2 atom stereocenters. The molecule has 2 N–H and O–H groups in total. The molecule has 0 aromatic heterocycles. The van der Waals surface area contributed by atoms with Gasteiger partial charge >= 0.3 is 12.1 Å². The Hall–Kier alpha value is -2.05. The Labute approximate surface area is 132 Å². The van der Waals surface area contributed by atoms with Gasteiger partial charge in [-0.25, -0.2) is 0 Å². The van der Waals surface area contributed by atoms with Crippen LogP contribution < -0.4 is 5.32 Å². The lowest BCUT2D eigenvalue weighted by Crippen LogP contribution is -2.33. The lowest BCUT2D eigenvalue weighted by atomic mass is 9.95. The number of amides is 1. The first kappa shape index (κ1) is 19.0. The molecule has 0 aliphatic rings. The molecule has 0 saturated carbocycles. The fourth-order valence-electron chi connectivity index (χ4n) is 2.16. The monoisotopic (exact) mass is 331 g/mol. The van der Waals surface area contributed by atoms with Crippen LogP contribution >= 0.6 is 0 Å². The van der Waals surface area contributed by atoms with Crippen LogP contribution in [0.4, 0.5) is 13.2 Å². The van der Waals surface area contributed by atoms with E-state index in [1.54, 1.807) is 19.9 Å². The highest BCUT2D eigenvalue weighted by Crippen LogP contribution is 2.31. The zero-order chi connectivity index (χ0) is 17.6. The molecule has 0 fully saturated rings. The van der Waals surface area contributed by atoms with Crippen LogP contribution in [0.15, 0.2) is 24.3 Å². The maximum absolute atomic E-state index is 12.7. The maximum atomic E-state index is 12.7. The molecule has 0 saturated heterocycles. The van der Waals surface area contributed by atoms with Gasteiger partial charge in [-0.05, 0) is 30.9 Å². The highest BCUT2D eigenvalue weighted by molar-refractivity contribution is 5.77. The Balaban J connectivity index is 2.60. The fraction of sp³-hybridized carbons (Fsp3) is 0.500. The van der Waals surface area contributed by atoms with Crippen LogP contribution in [0.5, 0.6) is 0 Å². The van der Waals surface area contributed by atoms with Crippen molar-refractivity contribution in [2.45, 2.75) is 51.2 Å². The summed E-state index contributed by atoms with van der Waals surface area (Å²) in [7, 11) is 0. The second kappa shape index (κ2) is 7.99. The summed E-state index contributed by atoms with van der Waals surface area (Å²) in [5.41, 5.74) is -0.301. The van der Waals surface area contributed by atoms with E-state index in [9.17, 15) is 22.8 Å². The molecule has 4 nitrogen and oxygen atoms in total. The smallest absolute Gasteiger partial charge is 0.416 e. The number of alkyl halides is 3. The van der Waals surface area contributed by atoms with Crippen molar-refractivity contribution < 1.29 is 27.9 Å². The van der Waals surface area contributed by atoms with Crippen LogP contribution in [0.25, 0.3) is 0 Å². The van der Waals surface area contributed by atoms with Crippen LogP contribution in [0, 0.1) is 0 Å². The molecule has 0 spiro atoms. The van der Waals surface area contributed by atoms with Gasteiger partial charge in [0.25, 0.3) is 0 Å². The van der Waals surface area contributed by atoms with Gasteiger partial charge in [0.15, 0.2) is 0 Å². The van der Waals surface area contributed by atoms with Crippen molar-refractivity contribution in [2.75, 3.05) is 0 Å². The lowest BCUT2D eigenvalue weighted by molar-refractivity contribution is -0.138. The number of hydrogen-bond acceptors (Lipinski definition) is 2. The molecule has 7 heteroatoms. The number of carbonyl (C=O) groups excluding carboxylic acids is 1. The van der Waals surface area contributed by atoms with Crippen LogP contribution in [0.1, 0.15) is 50.2 Å². The van der Waals surface area contributed by atoms with Gasteiger partial charge in [-0.3, -0.25) is 9.59 Å². The van der Waals surface area contributed by atoms with Crippen molar-refractivity contribution in [3.8, 4) is 0 Å². The summed E-state index contributed by atoms with van der Waals surface area (Å²) in [6, 6.07) is 4.62. The van der Waals surface area contributed by atoms with Crippen LogP contribution in [-0.4, -0.2) is 23.0 Å². The zero-order valence-corrected chi connectivity index (χ0v) is 13.0. The van der Waals surface area contributed by atoms with Gasteiger partial charge < -0.3 is 10.4 Å². The third kappa shape index (κ3) is 6.71. The van der Waals surface area contributed by atoms with Crippen molar-refractivity contribution >= 4 is 11.9 Å². The standard InChI is InChI=1S/C16H20F3NO3/c1-10(8-14(21)20-11(2)6-7-15(22)23)12-4-3-5-13(9-12)16(17,18)19/h3-5,9-11H,6-8H2,1-2H3,(H,20,21)(H,22,23). The van der Waals surface area contributed by atoms with E-state index in [2.05, 4.69) is 5.32 Å². The number of carboxylic acids is 1. The molecule has 128 valence electrons. The quantitative estimate of drug-likeness (QED) is 0.803. The lowest BCUT2D eigenvalue weighted by Gasteiger charge is -2.17. The molecule has 1 aromatic carbocycles. The Morgan fingerprint density at radius 1 is 1.26 bits per heavy atom. The Morgan fingerprint density at radius 3 is 2.48 bits per heavy atom. The molecule has 0 aliphatic carbocycles. The minimum absolute atomic E-state index is 0.0404. The summed E-state index contributed by atoms with van der Waals surface area (Å²) in [5, 5.41) is 11.2. The molecular formula is C16H20F3NO3. The van der Waals surface area contributed by atoms with Crippen molar-refractivity contribution in [1.29, 1.82) is 0 Å². The molecule has 23 heavy (non-hydrogen) atoms. The minimum Gasteiger partial charge on any atom is -0.481 e. The van der Waals surface area contributed by atoms with E-state index in [1.807, 2.05) is 0 Å². The maximum Gasteiger partial charge on any atom is 0.416 e. The number of halogens is 3. The first-order chi connectivity index (χ1) is 10.6. The van der Waals surface area contributed by atoms with Crippen molar-refractivity contribution in [1.82, 2.24) is 5.32 Å². The average molecular weight is 331 g/mol. The van der Waals surface area contributed by atoms with Gasteiger partial charge in [-0.1, -0.05) is 25.1 Å². The second-order valence-corrected chi connectivity index (χ2v) is 5.63. The average Bonchev–Trinajstić information content (AvgIpc) is 2.44. The summed E-state index contributed by atoms with van der Waals surface area (Å²) >= 11 is 0. The number of carboxylic acid groups (broad SMARTS) is 1. The predicted octanol–water partition coefficient (Wildman–Crippen LogP) is 3.57. The first-order valence-corrected chi connectivity index (χ1v) is 7.28. The fourth-order valence-corrected chi connectivity index (χ4v) is 2.16. The Bertz CT molecular complexity index is 558. The van der Waals surface area contributed by atoms with E-state index in [1.165, 1.54) is 6.07 Å². The summed E-state index contributed by atoms with van der Waals surface area (Å²) in [6.45, 7) is 3.37. The molecule has 0 radical (unpaired) electrons. The largest absolute Gasteiger partial charge is 0.481 e. The van der Waals surface area contributed by atoms with Crippen LogP contribution in [-0.2, 0) is 15.8 Å². The number of nitrogens with one attached hydrogen (secondary N) is 1. The highest BCUT2D eigenvalue weighted by Gasteiger charge is 2.30. The summed E-state index contributed by atoms with van der Waals surface area (Å²) in [6.07, 6.45) is -4.12. The van der Waals surface area contributed by atoms with Crippen LogP contribution in [0.2, 0.25) is 0 Å². The number of carbonyl (C=O) groups is 2. The van der Waals surface area contributed by atoms with E-state index in [-0.39, 0.29) is 30.7 Å². The molecule has 1 aromatic rings. The van der Waals surface area contributed by atoms with Crippen molar-refractivity contribution in [2.24, 2.45) is 0 Å². The summed E-state index contributed by atoms with van der Waals surface area (Å²) < 4.78 is 38.1. The topological polar surface area (TPSA) is 66.4 Å². The highest BCUT2D eigenvalue weighted by atomic mass is 19.4. The van der Waals surface area contributed by atoms with Gasteiger partial charge in [0.2, 0.25) is 5.91 Å². The minimum atomic E-state index is -4.41. The Kier molecular flexibility index (Phi) is 6.60. The molecule has 2 unspecified atom stereocenters. The van der Waals surface area contributed by atoms with Gasteiger partial charge in [-0.15, -0.1) is 0 Å².